The molecule has 4 aromatic rings. The van der Waals surface area contributed by atoms with Gasteiger partial charge in [0.15, 0.2) is 0 Å². The molecular formula is C29H26N2O4. The van der Waals surface area contributed by atoms with E-state index >= 15 is 0 Å². The number of aliphatic hydroxyl groups excluding tert-OH is 1. The topological polar surface area (TPSA) is 71.8 Å². The molecule has 0 bridgehead atoms. The van der Waals surface area contributed by atoms with Crippen molar-refractivity contribution in [2.45, 2.75) is 19.9 Å². The van der Waals surface area contributed by atoms with Crippen LogP contribution in [0.5, 0.6) is 5.75 Å². The van der Waals surface area contributed by atoms with Crippen LogP contribution in [0.15, 0.2) is 78.5 Å². The molecule has 0 saturated carbocycles. The maximum absolute atomic E-state index is 13.5. The Bertz CT molecular complexity index is 1510. The number of aryl methyl sites for hydroxylation is 3. The number of carbonyl (C=O) groups is 2. The number of hydrogen-bond donors (Lipinski definition) is 1. The number of carbonyl (C=O) groups excluding carboxylic acids is 2. The lowest BCUT2D eigenvalue weighted by molar-refractivity contribution is -0.132. The molecule has 35 heavy (non-hydrogen) atoms. The highest BCUT2D eigenvalue weighted by atomic mass is 16.5. The second-order valence-corrected chi connectivity index (χ2v) is 8.96. The summed E-state index contributed by atoms with van der Waals surface area (Å²) in [5.41, 5.74) is 4.78. The largest absolute Gasteiger partial charge is 0.507 e. The lowest BCUT2D eigenvalue weighted by Gasteiger charge is -2.25. The standard InChI is InChI=1S/C29H26N2O4/c1-17-12-18(2)14-20(13-17)31-26(23-16-30(3)24-11-6-5-10-22(23)24)25(28(33)29(31)34)27(32)19-8-7-9-21(15-19)35-4/h5-16,26,32H,1-4H3/b27-25+. The minimum atomic E-state index is -0.798. The Morgan fingerprint density at radius 3 is 2.37 bits per heavy atom. The van der Waals surface area contributed by atoms with Crippen LogP contribution < -0.4 is 9.64 Å². The predicted octanol–water partition coefficient (Wildman–Crippen LogP) is 5.43. The Labute approximate surface area is 203 Å². The van der Waals surface area contributed by atoms with Crippen molar-refractivity contribution < 1.29 is 19.4 Å². The zero-order valence-corrected chi connectivity index (χ0v) is 20.1. The van der Waals surface area contributed by atoms with Crippen LogP contribution in [0.25, 0.3) is 16.7 Å². The normalized spacial score (nSPS) is 17.4. The molecule has 1 aliphatic heterocycles. The van der Waals surface area contributed by atoms with E-state index in [1.165, 1.54) is 12.0 Å². The van der Waals surface area contributed by atoms with Crippen molar-refractivity contribution in [3.8, 4) is 5.75 Å². The number of amides is 1. The first-order chi connectivity index (χ1) is 16.8. The molecule has 1 saturated heterocycles. The van der Waals surface area contributed by atoms with Crippen LogP contribution in [0.1, 0.15) is 28.3 Å². The monoisotopic (exact) mass is 466 g/mol. The van der Waals surface area contributed by atoms with Crippen LogP contribution in [-0.4, -0.2) is 28.5 Å². The van der Waals surface area contributed by atoms with Crippen LogP contribution >= 0.6 is 0 Å². The lowest BCUT2D eigenvalue weighted by atomic mass is 9.94. The van der Waals surface area contributed by atoms with E-state index in [0.717, 1.165) is 27.6 Å². The predicted molar refractivity (Wildman–Crippen MR) is 137 cm³/mol. The van der Waals surface area contributed by atoms with E-state index in [9.17, 15) is 14.7 Å². The number of aromatic nitrogens is 1. The van der Waals surface area contributed by atoms with Crippen molar-refractivity contribution in [2.24, 2.45) is 7.05 Å². The van der Waals surface area contributed by atoms with Crippen LogP contribution in [0.3, 0.4) is 0 Å². The second-order valence-electron chi connectivity index (χ2n) is 8.96. The molecule has 6 heteroatoms. The van der Waals surface area contributed by atoms with E-state index < -0.39 is 17.7 Å². The van der Waals surface area contributed by atoms with Gasteiger partial charge in [-0.3, -0.25) is 14.5 Å². The fourth-order valence-electron chi connectivity index (χ4n) is 5.00. The minimum absolute atomic E-state index is 0.0544. The van der Waals surface area contributed by atoms with Gasteiger partial charge in [-0.05, 0) is 55.3 Å². The molecule has 1 amide bonds. The summed E-state index contributed by atoms with van der Waals surface area (Å²) in [6, 6.07) is 19.7. The Kier molecular flexibility index (Phi) is 5.44. The van der Waals surface area contributed by atoms with E-state index in [2.05, 4.69) is 0 Å². The molecule has 1 N–H and O–H groups in total. The van der Waals surface area contributed by atoms with E-state index in [4.69, 9.17) is 4.74 Å². The summed E-state index contributed by atoms with van der Waals surface area (Å²) in [5, 5.41) is 12.3. The van der Waals surface area contributed by atoms with Crippen molar-refractivity contribution in [3.05, 3.63) is 101 Å². The fourth-order valence-corrected chi connectivity index (χ4v) is 5.00. The average Bonchev–Trinajstić information content (AvgIpc) is 3.31. The Morgan fingerprint density at radius 1 is 0.943 bits per heavy atom. The SMILES string of the molecule is COc1cccc(/C(O)=C2\C(=O)C(=O)N(c3cc(C)cc(C)c3)C2c2cn(C)c3ccccc23)c1. The van der Waals surface area contributed by atoms with Gasteiger partial charge in [0.2, 0.25) is 0 Å². The van der Waals surface area contributed by atoms with Gasteiger partial charge in [-0.25, -0.2) is 0 Å². The molecular weight excluding hydrogens is 440 g/mol. The number of aliphatic hydroxyl groups is 1. The lowest BCUT2D eigenvalue weighted by Crippen LogP contribution is -2.29. The van der Waals surface area contributed by atoms with Crippen molar-refractivity contribution in [1.82, 2.24) is 4.57 Å². The molecule has 1 aliphatic rings. The first-order valence-corrected chi connectivity index (χ1v) is 11.4. The number of benzene rings is 3. The molecule has 1 atom stereocenters. The number of anilines is 1. The van der Waals surface area contributed by atoms with E-state index in [1.54, 1.807) is 24.3 Å². The van der Waals surface area contributed by atoms with Gasteiger partial charge in [-0.15, -0.1) is 0 Å². The molecule has 6 nitrogen and oxygen atoms in total. The number of methoxy groups -OCH3 is 1. The second kappa shape index (κ2) is 8.47. The zero-order valence-electron chi connectivity index (χ0n) is 20.1. The van der Waals surface area contributed by atoms with Crippen molar-refractivity contribution in [2.75, 3.05) is 12.0 Å². The molecule has 3 aromatic carbocycles. The van der Waals surface area contributed by atoms with E-state index in [1.807, 2.05) is 74.1 Å². The first-order valence-electron chi connectivity index (χ1n) is 11.4. The highest BCUT2D eigenvalue weighted by Crippen LogP contribution is 2.45. The molecule has 1 aromatic heterocycles. The van der Waals surface area contributed by atoms with Crippen LogP contribution in [0.4, 0.5) is 5.69 Å². The molecule has 0 radical (unpaired) electrons. The third kappa shape index (κ3) is 3.67. The number of ether oxygens (including phenoxy) is 1. The first kappa shape index (κ1) is 22.5. The minimum Gasteiger partial charge on any atom is -0.507 e. The molecule has 0 aliphatic carbocycles. The Balaban J connectivity index is 1.82. The molecule has 176 valence electrons. The zero-order chi connectivity index (χ0) is 24.9. The molecule has 5 rings (SSSR count). The number of Topliss-reactive ketones (excluding diaryl/α,β-unsaturated/α-hetero) is 1. The summed E-state index contributed by atoms with van der Waals surface area (Å²) in [6.45, 7) is 3.91. The maximum atomic E-state index is 13.5. The fraction of sp³-hybridized carbons (Fsp3) is 0.172. The van der Waals surface area contributed by atoms with Gasteiger partial charge in [-0.2, -0.15) is 0 Å². The van der Waals surface area contributed by atoms with Crippen molar-refractivity contribution in [1.29, 1.82) is 0 Å². The quantitative estimate of drug-likeness (QED) is 0.247. The van der Waals surface area contributed by atoms with E-state index in [0.29, 0.717) is 17.0 Å². The number of para-hydroxylation sites is 1. The van der Waals surface area contributed by atoms with Gasteiger partial charge in [-0.1, -0.05) is 36.4 Å². The summed E-state index contributed by atoms with van der Waals surface area (Å²) < 4.78 is 7.28. The smallest absolute Gasteiger partial charge is 0.300 e. The number of ketones is 1. The van der Waals surface area contributed by atoms with Gasteiger partial charge in [0.05, 0.1) is 18.7 Å². The highest BCUT2D eigenvalue weighted by Gasteiger charge is 2.48. The summed E-state index contributed by atoms with van der Waals surface area (Å²) in [5.74, 6) is -1.08. The molecule has 1 unspecified atom stereocenters. The average molecular weight is 467 g/mol. The van der Waals surface area contributed by atoms with Crippen LogP contribution in [-0.2, 0) is 16.6 Å². The van der Waals surface area contributed by atoms with Crippen molar-refractivity contribution >= 4 is 34.0 Å². The summed E-state index contributed by atoms with van der Waals surface area (Å²) >= 11 is 0. The molecule has 0 spiro atoms. The molecule has 1 fully saturated rings. The number of hydrogen-bond acceptors (Lipinski definition) is 4. The third-order valence-electron chi connectivity index (χ3n) is 6.49. The third-order valence-corrected chi connectivity index (χ3v) is 6.49. The van der Waals surface area contributed by atoms with Gasteiger partial charge in [0.25, 0.3) is 11.7 Å². The van der Waals surface area contributed by atoms with Crippen molar-refractivity contribution in [3.63, 3.8) is 0 Å². The number of nitrogens with zero attached hydrogens (tertiary/aromatic N) is 2. The summed E-state index contributed by atoms with van der Waals surface area (Å²) in [4.78, 5) is 28.5. The number of fused-ring (bicyclic) bond motifs is 1. The van der Waals surface area contributed by atoms with Crippen LogP contribution in [0, 0.1) is 13.8 Å². The summed E-state index contributed by atoms with van der Waals surface area (Å²) in [6.07, 6.45) is 1.93. The highest BCUT2D eigenvalue weighted by molar-refractivity contribution is 6.52. The summed E-state index contributed by atoms with van der Waals surface area (Å²) in [7, 11) is 3.46. The molecule has 2 heterocycles. The van der Waals surface area contributed by atoms with Gasteiger partial charge in [0.1, 0.15) is 11.5 Å². The maximum Gasteiger partial charge on any atom is 0.300 e. The number of rotatable bonds is 4. The Hall–Kier alpha value is -4.32. The van der Waals surface area contributed by atoms with Gasteiger partial charge < -0.3 is 14.4 Å². The van der Waals surface area contributed by atoms with Gasteiger partial charge in [0, 0.05) is 41.0 Å². The van der Waals surface area contributed by atoms with E-state index in [-0.39, 0.29) is 11.3 Å². The van der Waals surface area contributed by atoms with Crippen LogP contribution in [0.2, 0.25) is 0 Å². The Morgan fingerprint density at radius 2 is 1.66 bits per heavy atom. The van der Waals surface area contributed by atoms with Gasteiger partial charge >= 0.3 is 0 Å².